The van der Waals surface area contributed by atoms with Gasteiger partial charge in [0, 0.05) is 41.5 Å². The van der Waals surface area contributed by atoms with Crippen molar-refractivity contribution in [3.8, 4) is 45.2 Å². The lowest BCUT2D eigenvalue weighted by molar-refractivity contribution is 0.685. The molecule has 0 amide bonds. The molecule has 0 fully saturated rings. The van der Waals surface area contributed by atoms with Crippen molar-refractivity contribution in [3.63, 3.8) is 0 Å². The van der Waals surface area contributed by atoms with Crippen LogP contribution in [0.1, 0.15) is 23.2 Å². The average molecular weight is 637 g/mol. The van der Waals surface area contributed by atoms with E-state index in [0.29, 0.717) is 0 Å². The van der Waals surface area contributed by atoms with Crippen LogP contribution in [0, 0.1) is 17.8 Å². The van der Waals surface area contributed by atoms with Gasteiger partial charge in [-0.2, -0.15) is 0 Å². The summed E-state index contributed by atoms with van der Waals surface area (Å²) >= 11 is 0. The van der Waals surface area contributed by atoms with E-state index in [1.165, 1.54) is 60.1 Å². The second kappa shape index (κ2) is 11.7. The van der Waals surface area contributed by atoms with Gasteiger partial charge in [0.2, 0.25) is 0 Å². The molecule has 50 heavy (non-hydrogen) atoms. The molecule has 1 aliphatic heterocycles. The van der Waals surface area contributed by atoms with Crippen molar-refractivity contribution in [3.05, 3.63) is 169 Å². The number of benzene rings is 6. The van der Waals surface area contributed by atoms with Crippen LogP contribution in [-0.4, -0.2) is 17.2 Å². The Morgan fingerprint density at radius 2 is 1.34 bits per heavy atom. The van der Waals surface area contributed by atoms with Crippen LogP contribution in [0.4, 0.5) is 0 Å². The molecular weight excluding hydrogens is 605 g/mol. The van der Waals surface area contributed by atoms with Crippen LogP contribution in [0.15, 0.2) is 157 Å². The number of fused-ring (bicyclic) bond motifs is 5. The van der Waals surface area contributed by atoms with Crippen molar-refractivity contribution >= 4 is 44.1 Å². The summed E-state index contributed by atoms with van der Waals surface area (Å²) in [5.74, 6) is 6.91. The molecule has 2 aliphatic carbocycles. The third-order valence-corrected chi connectivity index (χ3v) is 10.5. The van der Waals surface area contributed by atoms with Gasteiger partial charge in [-0.3, -0.25) is 9.98 Å². The van der Waals surface area contributed by atoms with Crippen LogP contribution in [0.3, 0.4) is 0 Å². The van der Waals surface area contributed by atoms with E-state index in [4.69, 9.17) is 9.98 Å². The number of aromatic nitrogens is 1. The fourth-order valence-corrected chi connectivity index (χ4v) is 7.98. The van der Waals surface area contributed by atoms with E-state index < -0.39 is 0 Å². The minimum absolute atomic E-state index is 0.188. The summed E-state index contributed by atoms with van der Waals surface area (Å²) in [6.45, 7) is 0. The highest BCUT2D eigenvalue weighted by atomic mass is 14.8. The van der Waals surface area contributed by atoms with Crippen molar-refractivity contribution in [2.45, 2.75) is 18.9 Å². The zero-order valence-corrected chi connectivity index (χ0v) is 27.5. The molecule has 10 rings (SSSR count). The first-order chi connectivity index (χ1) is 24.8. The van der Waals surface area contributed by atoms with Crippen molar-refractivity contribution < 1.29 is 0 Å². The second-order valence-electron chi connectivity index (χ2n) is 13.5. The van der Waals surface area contributed by atoms with Gasteiger partial charge in [0.15, 0.2) is 0 Å². The fourth-order valence-electron chi connectivity index (χ4n) is 7.98. The molecule has 2 heterocycles. The topological polar surface area (TPSA) is 25.2 Å². The van der Waals surface area contributed by atoms with Crippen LogP contribution in [0.25, 0.3) is 71.3 Å². The number of aliphatic imine (C=N–C) groups is 1. The Kier molecular flexibility index (Phi) is 6.71. The van der Waals surface area contributed by atoms with Crippen LogP contribution < -0.4 is 0 Å². The summed E-state index contributed by atoms with van der Waals surface area (Å²) in [5.41, 5.74) is 11.7. The molecule has 0 saturated heterocycles. The van der Waals surface area contributed by atoms with Crippen molar-refractivity contribution in [2.75, 3.05) is 0 Å². The molecule has 6 aromatic carbocycles. The minimum atomic E-state index is 0.188. The number of allylic oxidation sites excluding steroid dienone is 3. The summed E-state index contributed by atoms with van der Waals surface area (Å²) < 4.78 is 0. The van der Waals surface area contributed by atoms with Gasteiger partial charge >= 0.3 is 0 Å². The number of hydrogen-bond donors (Lipinski definition) is 0. The molecule has 2 atom stereocenters. The lowest BCUT2D eigenvalue weighted by Crippen LogP contribution is -2.18. The van der Waals surface area contributed by atoms with E-state index >= 15 is 0 Å². The molecule has 2 heteroatoms. The van der Waals surface area contributed by atoms with E-state index in [0.717, 1.165) is 40.8 Å². The molecule has 0 N–H and O–H groups in total. The third-order valence-electron chi connectivity index (χ3n) is 10.5. The van der Waals surface area contributed by atoms with Crippen LogP contribution in [-0.2, 0) is 6.42 Å². The van der Waals surface area contributed by atoms with E-state index in [9.17, 15) is 0 Å². The Labute approximate surface area is 291 Å². The van der Waals surface area contributed by atoms with Gasteiger partial charge in [0.05, 0.1) is 11.7 Å². The molecule has 3 aliphatic rings. The number of hydrogen-bond acceptors (Lipinski definition) is 2. The maximum absolute atomic E-state index is 4.95. The number of aryl methyl sites for hydroxylation is 1. The maximum Gasteiger partial charge on any atom is 0.0780 e. The molecule has 2 unspecified atom stereocenters. The lowest BCUT2D eigenvalue weighted by Gasteiger charge is -2.22. The highest BCUT2D eigenvalue weighted by Gasteiger charge is 2.21. The Bertz CT molecular complexity index is 2710. The van der Waals surface area contributed by atoms with Crippen molar-refractivity contribution in [1.82, 2.24) is 4.98 Å². The average Bonchev–Trinajstić information content (AvgIpc) is 3.19. The molecule has 234 valence electrons. The first-order valence-electron chi connectivity index (χ1n) is 17.4. The summed E-state index contributed by atoms with van der Waals surface area (Å²) in [4.78, 5) is 9.74. The first kappa shape index (κ1) is 28.7. The van der Waals surface area contributed by atoms with Gasteiger partial charge in [-0.15, -0.1) is 0 Å². The smallest absolute Gasteiger partial charge is 0.0780 e. The third kappa shape index (κ3) is 4.82. The molecule has 0 saturated carbocycles. The summed E-state index contributed by atoms with van der Waals surface area (Å²) in [6, 6.07) is 42.7. The molecule has 0 bridgehead atoms. The van der Waals surface area contributed by atoms with E-state index in [1.54, 1.807) is 0 Å². The second-order valence-corrected chi connectivity index (χ2v) is 13.5. The van der Waals surface area contributed by atoms with Crippen LogP contribution >= 0.6 is 0 Å². The molecule has 1 aromatic heterocycles. The Balaban J connectivity index is 1.17. The fraction of sp³-hybridized carbons (Fsp3) is 0.0833. The van der Waals surface area contributed by atoms with Gasteiger partial charge in [-0.1, -0.05) is 127 Å². The van der Waals surface area contributed by atoms with Crippen molar-refractivity contribution in [1.29, 1.82) is 0 Å². The highest BCUT2D eigenvalue weighted by molar-refractivity contribution is 6.22. The summed E-state index contributed by atoms with van der Waals surface area (Å²) in [6.07, 6.45) is 16.7. The Hall–Kier alpha value is -6.30. The SMILES string of the molecule is C1#Cc2ccc(-c3c4ccccc4c(-c4ccc5ccccc5c4)c4cc(-c5ccc(C6=CC7C=CC=CC7N=C6)nc5)ccc34)cc2CC1. The lowest BCUT2D eigenvalue weighted by atomic mass is 9.83. The summed E-state index contributed by atoms with van der Waals surface area (Å²) in [7, 11) is 0. The van der Waals surface area contributed by atoms with E-state index in [1.807, 2.05) is 12.4 Å². The number of pyridine rings is 1. The van der Waals surface area contributed by atoms with Gasteiger partial charge in [-0.05, 0) is 102 Å². The molecule has 0 spiro atoms. The molecular formula is C48H32N2. The largest absolute Gasteiger partial charge is 0.284 e. The highest BCUT2D eigenvalue weighted by Crippen LogP contribution is 2.45. The minimum Gasteiger partial charge on any atom is -0.284 e. The maximum atomic E-state index is 4.95. The number of rotatable bonds is 4. The Morgan fingerprint density at radius 3 is 2.22 bits per heavy atom. The molecule has 2 nitrogen and oxygen atoms in total. The van der Waals surface area contributed by atoms with Gasteiger partial charge < -0.3 is 0 Å². The normalized spacial score (nSPS) is 17.3. The van der Waals surface area contributed by atoms with Gasteiger partial charge in [-0.25, -0.2) is 0 Å². The zero-order chi connectivity index (χ0) is 33.0. The van der Waals surface area contributed by atoms with Crippen LogP contribution in [0.5, 0.6) is 0 Å². The Morgan fingerprint density at radius 1 is 0.600 bits per heavy atom. The molecule has 7 aromatic rings. The van der Waals surface area contributed by atoms with E-state index in [-0.39, 0.29) is 12.0 Å². The predicted molar refractivity (Wildman–Crippen MR) is 210 cm³/mol. The summed E-state index contributed by atoms with van der Waals surface area (Å²) in [5, 5.41) is 7.48. The van der Waals surface area contributed by atoms with Crippen LogP contribution in [0.2, 0.25) is 0 Å². The predicted octanol–water partition coefficient (Wildman–Crippen LogP) is 11.4. The standard InChI is InChI=1S/C48H32N2/c1-3-11-33-25-37(19-17-31(33)9-1)47-41-14-6-7-15-42(41)48(38-20-18-32-10-2-4-12-34(32)26-38)44-28-35(21-23-43(44)47)39-22-24-46(49-29-39)40-27-36-13-5-8-16-45(36)50-30-40/h2,4-8,10,12-30,36,45H,3,11H2. The van der Waals surface area contributed by atoms with Gasteiger partial charge in [0.25, 0.3) is 0 Å². The number of dihydropyridines is 1. The van der Waals surface area contributed by atoms with Crippen molar-refractivity contribution in [2.24, 2.45) is 10.9 Å². The zero-order valence-electron chi connectivity index (χ0n) is 27.5. The first-order valence-corrected chi connectivity index (χ1v) is 17.4. The monoisotopic (exact) mass is 636 g/mol. The van der Waals surface area contributed by atoms with Gasteiger partial charge in [0.1, 0.15) is 0 Å². The van der Waals surface area contributed by atoms with E-state index in [2.05, 4.69) is 157 Å². The number of nitrogens with zero attached hydrogens (tertiary/aromatic N) is 2. The molecule has 0 radical (unpaired) electrons. The quantitative estimate of drug-likeness (QED) is 0.139.